The normalized spacial score (nSPS) is 11.2. The Kier molecular flexibility index (Phi) is 4.33. The zero-order valence-electron chi connectivity index (χ0n) is 12.0. The number of ketones is 1. The average molecular weight is 280 g/mol. The first-order valence-corrected chi connectivity index (χ1v) is 6.60. The quantitative estimate of drug-likeness (QED) is 0.679. The lowest BCUT2D eigenvalue weighted by atomic mass is 9.99. The molecule has 0 bridgehead atoms. The molecule has 0 fully saturated rings. The van der Waals surface area contributed by atoms with Crippen LogP contribution in [0.4, 0.5) is 0 Å². The van der Waals surface area contributed by atoms with E-state index < -0.39 is 5.97 Å². The SMILES string of the molecule is CC(=O)c1cccc(-c2cccc(/C=C(\C)C(=O)O)c2)c1. The molecule has 0 atom stereocenters. The van der Waals surface area contributed by atoms with Crippen molar-refractivity contribution >= 4 is 17.8 Å². The van der Waals surface area contributed by atoms with E-state index in [1.165, 1.54) is 6.92 Å². The molecule has 0 saturated heterocycles. The summed E-state index contributed by atoms with van der Waals surface area (Å²) in [6, 6.07) is 15.0. The number of carbonyl (C=O) groups is 2. The zero-order valence-corrected chi connectivity index (χ0v) is 12.0. The summed E-state index contributed by atoms with van der Waals surface area (Å²) in [5.41, 5.74) is 3.65. The molecule has 2 aromatic carbocycles. The van der Waals surface area contributed by atoms with Gasteiger partial charge in [0.1, 0.15) is 0 Å². The van der Waals surface area contributed by atoms with Crippen molar-refractivity contribution < 1.29 is 14.7 Å². The molecular formula is C18H16O3. The van der Waals surface area contributed by atoms with E-state index in [9.17, 15) is 9.59 Å². The molecule has 0 spiro atoms. The molecule has 1 N–H and O–H groups in total. The van der Waals surface area contributed by atoms with Crippen LogP contribution in [0.1, 0.15) is 29.8 Å². The molecule has 3 heteroatoms. The van der Waals surface area contributed by atoms with Crippen LogP contribution in [0.25, 0.3) is 17.2 Å². The van der Waals surface area contributed by atoms with E-state index in [0.717, 1.165) is 16.7 Å². The maximum absolute atomic E-state index is 11.4. The van der Waals surface area contributed by atoms with E-state index in [4.69, 9.17) is 5.11 Å². The minimum atomic E-state index is -0.931. The average Bonchev–Trinajstić information content (AvgIpc) is 2.47. The van der Waals surface area contributed by atoms with Gasteiger partial charge in [0.15, 0.2) is 5.78 Å². The van der Waals surface area contributed by atoms with Gasteiger partial charge in [-0.15, -0.1) is 0 Å². The topological polar surface area (TPSA) is 54.4 Å². The predicted molar refractivity (Wildman–Crippen MR) is 83.2 cm³/mol. The Hall–Kier alpha value is -2.68. The van der Waals surface area contributed by atoms with Crippen LogP contribution < -0.4 is 0 Å². The molecule has 0 heterocycles. The van der Waals surface area contributed by atoms with Crippen molar-refractivity contribution in [2.24, 2.45) is 0 Å². The molecule has 0 aliphatic heterocycles. The van der Waals surface area contributed by atoms with Crippen molar-refractivity contribution in [3.05, 3.63) is 65.2 Å². The number of hydrogen-bond donors (Lipinski definition) is 1. The highest BCUT2D eigenvalue weighted by molar-refractivity contribution is 5.95. The maximum atomic E-state index is 11.4. The summed E-state index contributed by atoms with van der Waals surface area (Å²) in [6.07, 6.45) is 1.63. The molecule has 0 unspecified atom stereocenters. The van der Waals surface area contributed by atoms with Gasteiger partial charge in [0.05, 0.1) is 0 Å². The van der Waals surface area contributed by atoms with Crippen LogP contribution in [-0.4, -0.2) is 16.9 Å². The first kappa shape index (κ1) is 14.7. The number of benzene rings is 2. The minimum absolute atomic E-state index is 0.0228. The second-order valence-corrected chi connectivity index (χ2v) is 4.89. The maximum Gasteiger partial charge on any atom is 0.331 e. The van der Waals surface area contributed by atoms with Gasteiger partial charge in [0.25, 0.3) is 0 Å². The smallest absolute Gasteiger partial charge is 0.331 e. The van der Waals surface area contributed by atoms with Crippen molar-refractivity contribution in [1.29, 1.82) is 0 Å². The predicted octanol–water partition coefficient (Wildman–Crippen LogP) is 4.04. The summed E-state index contributed by atoms with van der Waals surface area (Å²) in [5.74, 6) is -0.909. The van der Waals surface area contributed by atoms with E-state index in [1.54, 1.807) is 19.1 Å². The Labute approximate surface area is 123 Å². The summed E-state index contributed by atoms with van der Waals surface area (Å²) in [6.45, 7) is 3.10. The molecule has 2 aromatic rings. The number of carboxylic acids is 1. The van der Waals surface area contributed by atoms with Gasteiger partial charge in [-0.3, -0.25) is 4.79 Å². The Morgan fingerprint density at radius 1 is 0.952 bits per heavy atom. The molecule has 0 radical (unpaired) electrons. The van der Waals surface area contributed by atoms with Gasteiger partial charge in [-0.1, -0.05) is 36.4 Å². The highest BCUT2D eigenvalue weighted by Gasteiger charge is 2.04. The number of carbonyl (C=O) groups excluding carboxylic acids is 1. The molecular weight excluding hydrogens is 264 g/mol. The monoisotopic (exact) mass is 280 g/mol. The van der Waals surface area contributed by atoms with Gasteiger partial charge in [0.2, 0.25) is 0 Å². The summed E-state index contributed by atoms with van der Waals surface area (Å²) in [7, 11) is 0. The standard InChI is InChI=1S/C18H16O3/c1-12(18(20)21)9-14-5-3-7-16(10-14)17-8-4-6-15(11-17)13(2)19/h3-11H,1-2H3,(H,20,21)/b12-9+. The molecule has 106 valence electrons. The van der Waals surface area contributed by atoms with E-state index >= 15 is 0 Å². The van der Waals surface area contributed by atoms with Crippen molar-refractivity contribution in [3.63, 3.8) is 0 Å². The van der Waals surface area contributed by atoms with Crippen molar-refractivity contribution in [2.75, 3.05) is 0 Å². The largest absolute Gasteiger partial charge is 0.478 e. The third kappa shape index (κ3) is 3.66. The van der Waals surface area contributed by atoms with Gasteiger partial charge in [-0.2, -0.15) is 0 Å². The lowest BCUT2D eigenvalue weighted by Crippen LogP contribution is -1.95. The number of rotatable bonds is 4. The summed E-state index contributed by atoms with van der Waals surface area (Å²) in [4.78, 5) is 22.3. The highest BCUT2D eigenvalue weighted by atomic mass is 16.4. The van der Waals surface area contributed by atoms with E-state index in [0.29, 0.717) is 5.56 Å². The van der Waals surface area contributed by atoms with Crippen LogP contribution in [0.15, 0.2) is 54.1 Å². The van der Waals surface area contributed by atoms with Crippen LogP contribution in [0, 0.1) is 0 Å². The third-order valence-electron chi connectivity index (χ3n) is 3.21. The summed E-state index contributed by atoms with van der Waals surface area (Å²) in [5, 5.41) is 8.92. The fourth-order valence-electron chi connectivity index (χ4n) is 2.04. The number of carboxylic acid groups (broad SMARTS) is 1. The van der Waals surface area contributed by atoms with Crippen LogP contribution in [0.5, 0.6) is 0 Å². The van der Waals surface area contributed by atoms with E-state index in [-0.39, 0.29) is 11.4 Å². The fraction of sp³-hybridized carbons (Fsp3) is 0.111. The molecule has 3 nitrogen and oxygen atoms in total. The van der Waals surface area contributed by atoms with Gasteiger partial charge >= 0.3 is 5.97 Å². The minimum Gasteiger partial charge on any atom is -0.478 e. The number of hydrogen-bond acceptors (Lipinski definition) is 2. The molecule has 0 aromatic heterocycles. The molecule has 0 saturated carbocycles. The van der Waals surface area contributed by atoms with Crippen molar-refractivity contribution in [2.45, 2.75) is 13.8 Å². The van der Waals surface area contributed by atoms with E-state index in [2.05, 4.69) is 0 Å². The van der Waals surface area contributed by atoms with Gasteiger partial charge in [-0.05, 0) is 48.7 Å². The van der Waals surface area contributed by atoms with Gasteiger partial charge < -0.3 is 5.11 Å². The molecule has 0 amide bonds. The van der Waals surface area contributed by atoms with Crippen LogP contribution >= 0.6 is 0 Å². The Morgan fingerprint density at radius 2 is 1.57 bits per heavy atom. The number of aliphatic carboxylic acids is 1. The van der Waals surface area contributed by atoms with Gasteiger partial charge in [-0.25, -0.2) is 4.79 Å². The van der Waals surface area contributed by atoms with Crippen molar-refractivity contribution in [3.8, 4) is 11.1 Å². The first-order valence-electron chi connectivity index (χ1n) is 6.60. The molecule has 21 heavy (non-hydrogen) atoms. The highest BCUT2D eigenvalue weighted by Crippen LogP contribution is 2.23. The molecule has 2 rings (SSSR count). The van der Waals surface area contributed by atoms with Crippen molar-refractivity contribution in [1.82, 2.24) is 0 Å². The van der Waals surface area contributed by atoms with Crippen LogP contribution in [0.2, 0.25) is 0 Å². The van der Waals surface area contributed by atoms with Gasteiger partial charge in [0, 0.05) is 11.1 Å². The first-order chi connectivity index (χ1) is 9.97. The second kappa shape index (κ2) is 6.18. The summed E-state index contributed by atoms with van der Waals surface area (Å²) < 4.78 is 0. The lowest BCUT2D eigenvalue weighted by molar-refractivity contribution is -0.132. The van der Waals surface area contributed by atoms with E-state index in [1.807, 2.05) is 42.5 Å². The fourth-order valence-corrected chi connectivity index (χ4v) is 2.04. The Bertz CT molecular complexity index is 727. The Balaban J connectivity index is 2.42. The Morgan fingerprint density at radius 3 is 2.19 bits per heavy atom. The van der Waals surface area contributed by atoms with Crippen LogP contribution in [-0.2, 0) is 4.79 Å². The molecule has 0 aliphatic rings. The third-order valence-corrected chi connectivity index (χ3v) is 3.21. The lowest BCUT2D eigenvalue weighted by Gasteiger charge is -2.05. The molecule has 0 aliphatic carbocycles. The number of Topliss-reactive ketones (excluding diaryl/α,β-unsaturated/α-hetero) is 1. The van der Waals surface area contributed by atoms with Crippen LogP contribution in [0.3, 0.4) is 0 Å². The summed E-state index contributed by atoms with van der Waals surface area (Å²) >= 11 is 0. The zero-order chi connectivity index (χ0) is 15.4. The second-order valence-electron chi connectivity index (χ2n) is 4.89.